The number of nitrogens with zero attached hydrogens (tertiary/aromatic N) is 2. The van der Waals surface area contributed by atoms with Crippen molar-refractivity contribution in [1.82, 2.24) is 14.9 Å². The van der Waals surface area contributed by atoms with E-state index in [0.29, 0.717) is 22.5 Å². The summed E-state index contributed by atoms with van der Waals surface area (Å²) in [5.41, 5.74) is 0.988. The van der Waals surface area contributed by atoms with Crippen molar-refractivity contribution in [2.24, 2.45) is 7.05 Å². The van der Waals surface area contributed by atoms with E-state index in [-0.39, 0.29) is 11.5 Å². The van der Waals surface area contributed by atoms with Crippen LogP contribution in [0, 0.1) is 0 Å². The van der Waals surface area contributed by atoms with E-state index in [1.165, 1.54) is 10.9 Å². The molecule has 0 spiro atoms. The summed E-state index contributed by atoms with van der Waals surface area (Å²) in [7, 11) is 1.64. The van der Waals surface area contributed by atoms with E-state index in [9.17, 15) is 9.59 Å². The van der Waals surface area contributed by atoms with Gasteiger partial charge in [0.1, 0.15) is 0 Å². The van der Waals surface area contributed by atoms with Gasteiger partial charge >= 0.3 is 0 Å². The molecule has 0 aliphatic heterocycles. The lowest BCUT2D eigenvalue weighted by molar-refractivity contribution is 0.0951. The van der Waals surface area contributed by atoms with Crippen LogP contribution in [0.4, 0.5) is 0 Å². The molecule has 0 atom stereocenters. The Kier molecular flexibility index (Phi) is 2.40. The third-order valence-corrected chi connectivity index (χ3v) is 3.09. The molecule has 0 bridgehead atoms. The standard InChI is InChI=1S/C13H13N3O2/c1-16-7-14-11-5-2-8(6-10(11)13(16)18)12(17)15-9-3-4-9/h2,5-7,9H,3-4H2,1H3,(H,15,17). The summed E-state index contributed by atoms with van der Waals surface area (Å²) in [6.45, 7) is 0. The first-order chi connectivity index (χ1) is 8.65. The Morgan fingerprint density at radius 1 is 1.44 bits per heavy atom. The fraction of sp³-hybridized carbons (Fsp3) is 0.308. The minimum absolute atomic E-state index is 0.120. The lowest BCUT2D eigenvalue weighted by Crippen LogP contribution is -2.25. The molecule has 1 saturated carbocycles. The maximum absolute atomic E-state index is 11.9. The van der Waals surface area contributed by atoms with Crippen molar-refractivity contribution in [3.8, 4) is 0 Å². The largest absolute Gasteiger partial charge is 0.349 e. The monoisotopic (exact) mass is 243 g/mol. The van der Waals surface area contributed by atoms with Crippen LogP contribution in [0.3, 0.4) is 0 Å². The van der Waals surface area contributed by atoms with Crippen LogP contribution < -0.4 is 10.9 Å². The maximum atomic E-state index is 11.9. The van der Waals surface area contributed by atoms with Crippen LogP contribution in [0.25, 0.3) is 10.9 Å². The molecule has 1 N–H and O–H groups in total. The molecule has 1 aliphatic rings. The molecule has 1 fully saturated rings. The Hall–Kier alpha value is -2.17. The minimum Gasteiger partial charge on any atom is -0.349 e. The molecule has 1 heterocycles. The molecule has 1 amide bonds. The normalized spacial score (nSPS) is 14.7. The zero-order chi connectivity index (χ0) is 12.7. The van der Waals surface area contributed by atoms with Gasteiger partial charge in [-0.3, -0.25) is 9.59 Å². The molecule has 0 saturated heterocycles. The summed E-state index contributed by atoms with van der Waals surface area (Å²) < 4.78 is 1.41. The second-order valence-electron chi connectivity index (χ2n) is 4.64. The van der Waals surface area contributed by atoms with Crippen molar-refractivity contribution in [3.05, 3.63) is 40.4 Å². The van der Waals surface area contributed by atoms with Crippen LogP contribution >= 0.6 is 0 Å². The molecule has 1 aromatic carbocycles. The topological polar surface area (TPSA) is 64.0 Å². The molecule has 5 heteroatoms. The van der Waals surface area contributed by atoms with Crippen LogP contribution in [-0.2, 0) is 7.05 Å². The Bertz CT molecular complexity index is 686. The molecule has 18 heavy (non-hydrogen) atoms. The highest BCUT2D eigenvalue weighted by Gasteiger charge is 2.23. The summed E-state index contributed by atoms with van der Waals surface area (Å²) in [5.74, 6) is -0.120. The quantitative estimate of drug-likeness (QED) is 0.849. The number of carbonyl (C=O) groups is 1. The van der Waals surface area contributed by atoms with Crippen molar-refractivity contribution in [2.45, 2.75) is 18.9 Å². The van der Waals surface area contributed by atoms with Gasteiger partial charge in [0.05, 0.1) is 17.2 Å². The smallest absolute Gasteiger partial charge is 0.260 e. The highest BCUT2D eigenvalue weighted by molar-refractivity contribution is 5.98. The molecule has 5 nitrogen and oxygen atoms in total. The Labute approximate surface area is 103 Å². The van der Waals surface area contributed by atoms with Gasteiger partial charge in [0, 0.05) is 18.7 Å². The predicted octanol–water partition coefficient (Wildman–Crippen LogP) is 0.826. The average molecular weight is 243 g/mol. The van der Waals surface area contributed by atoms with E-state index in [1.54, 1.807) is 25.2 Å². The first kappa shape index (κ1) is 11.0. The highest BCUT2D eigenvalue weighted by atomic mass is 16.1. The number of carbonyl (C=O) groups excluding carboxylic acids is 1. The van der Waals surface area contributed by atoms with Gasteiger partial charge in [0.15, 0.2) is 0 Å². The Balaban J connectivity index is 2.06. The van der Waals surface area contributed by atoms with Gasteiger partial charge in [-0.15, -0.1) is 0 Å². The van der Waals surface area contributed by atoms with Gasteiger partial charge < -0.3 is 9.88 Å². The summed E-state index contributed by atoms with van der Waals surface area (Å²) in [6, 6.07) is 5.33. The van der Waals surface area contributed by atoms with Gasteiger partial charge in [0.25, 0.3) is 11.5 Å². The number of aryl methyl sites for hydroxylation is 1. The molecule has 0 radical (unpaired) electrons. The number of hydrogen-bond donors (Lipinski definition) is 1. The Morgan fingerprint density at radius 2 is 2.22 bits per heavy atom. The van der Waals surface area contributed by atoms with E-state index in [2.05, 4.69) is 10.3 Å². The minimum atomic E-state index is -0.138. The van der Waals surface area contributed by atoms with Crippen molar-refractivity contribution >= 4 is 16.8 Å². The van der Waals surface area contributed by atoms with E-state index in [1.807, 2.05) is 0 Å². The third kappa shape index (κ3) is 1.88. The first-order valence-electron chi connectivity index (χ1n) is 5.91. The van der Waals surface area contributed by atoms with Gasteiger partial charge in [-0.25, -0.2) is 4.98 Å². The lowest BCUT2D eigenvalue weighted by atomic mass is 10.1. The van der Waals surface area contributed by atoms with Crippen molar-refractivity contribution in [1.29, 1.82) is 0 Å². The number of aromatic nitrogens is 2. The van der Waals surface area contributed by atoms with Gasteiger partial charge in [-0.1, -0.05) is 0 Å². The van der Waals surface area contributed by atoms with Crippen LogP contribution in [0.15, 0.2) is 29.3 Å². The molecule has 2 aromatic rings. The van der Waals surface area contributed by atoms with Crippen LogP contribution in [-0.4, -0.2) is 21.5 Å². The maximum Gasteiger partial charge on any atom is 0.260 e. The average Bonchev–Trinajstić information content (AvgIpc) is 3.17. The van der Waals surface area contributed by atoms with Crippen molar-refractivity contribution in [2.75, 3.05) is 0 Å². The van der Waals surface area contributed by atoms with E-state index >= 15 is 0 Å². The number of hydrogen-bond acceptors (Lipinski definition) is 3. The number of amides is 1. The van der Waals surface area contributed by atoms with E-state index in [0.717, 1.165) is 12.8 Å². The summed E-state index contributed by atoms with van der Waals surface area (Å²) in [4.78, 5) is 28.0. The predicted molar refractivity (Wildman–Crippen MR) is 67.5 cm³/mol. The molecular weight excluding hydrogens is 230 g/mol. The SMILES string of the molecule is Cn1cnc2ccc(C(=O)NC3CC3)cc2c1=O. The molecule has 1 aromatic heterocycles. The second kappa shape index (κ2) is 3.94. The van der Waals surface area contributed by atoms with Gasteiger partial charge in [-0.2, -0.15) is 0 Å². The fourth-order valence-corrected chi connectivity index (χ4v) is 1.85. The van der Waals surface area contributed by atoms with E-state index in [4.69, 9.17) is 0 Å². The van der Waals surface area contributed by atoms with Crippen LogP contribution in [0.2, 0.25) is 0 Å². The van der Waals surface area contributed by atoms with Gasteiger partial charge in [-0.05, 0) is 31.0 Å². The summed E-state index contributed by atoms with van der Waals surface area (Å²) >= 11 is 0. The summed E-state index contributed by atoms with van der Waals surface area (Å²) in [6.07, 6.45) is 3.57. The van der Waals surface area contributed by atoms with Crippen LogP contribution in [0.5, 0.6) is 0 Å². The first-order valence-corrected chi connectivity index (χ1v) is 5.91. The highest BCUT2D eigenvalue weighted by Crippen LogP contribution is 2.19. The zero-order valence-electron chi connectivity index (χ0n) is 10.0. The zero-order valence-corrected chi connectivity index (χ0v) is 10.0. The molecule has 3 rings (SSSR count). The van der Waals surface area contributed by atoms with Gasteiger partial charge in [0.2, 0.25) is 0 Å². The fourth-order valence-electron chi connectivity index (χ4n) is 1.85. The summed E-state index contributed by atoms with van der Waals surface area (Å²) in [5, 5.41) is 3.38. The van der Waals surface area contributed by atoms with Crippen molar-refractivity contribution in [3.63, 3.8) is 0 Å². The Morgan fingerprint density at radius 3 is 2.94 bits per heavy atom. The van der Waals surface area contributed by atoms with E-state index < -0.39 is 0 Å². The number of benzene rings is 1. The number of rotatable bonds is 2. The van der Waals surface area contributed by atoms with Crippen molar-refractivity contribution < 1.29 is 4.79 Å². The molecule has 92 valence electrons. The van der Waals surface area contributed by atoms with Crippen LogP contribution in [0.1, 0.15) is 23.2 Å². The third-order valence-electron chi connectivity index (χ3n) is 3.09. The molecule has 0 unspecified atom stereocenters. The number of fused-ring (bicyclic) bond motifs is 1. The number of nitrogens with one attached hydrogen (secondary N) is 1. The molecule has 1 aliphatic carbocycles. The second-order valence-corrected chi connectivity index (χ2v) is 4.64. The lowest BCUT2D eigenvalue weighted by Gasteiger charge is -2.05. The molecular formula is C13H13N3O2.